The highest BCUT2D eigenvalue weighted by Gasteiger charge is 2.45. The molecule has 1 saturated heterocycles. The lowest BCUT2D eigenvalue weighted by molar-refractivity contribution is -0.0354. The van der Waals surface area contributed by atoms with Gasteiger partial charge in [0.1, 0.15) is 18.1 Å². The molecule has 0 spiro atoms. The molecule has 0 radical (unpaired) electrons. The van der Waals surface area contributed by atoms with Gasteiger partial charge in [0.2, 0.25) is 12.7 Å². The van der Waals surface area contributed by atoms with Gasteiger partial charge in [-0.1, -0.05) is 38.3 Å². The number of halogens is 1. The Morgan fingerprint density at radius 2 is 1.77 bits per heavy atom. The summed E-state index contributed by atoms with van der Waals surface area (Å²) >= 11 is 6.20. The van der Waals surface area contributed by atoms with Crippen LogP contribution in [-0.2, 0) is 20.3 Å². The van der Waals surface area contributed by atoms with E-state index in [9.17, 15) is 24.2 Å². The quantitative estimate of drug-likeness (QED) is 0.0923. The molecule has 16 heteroatoms. The van der Waals surface area contributed by atoms with Gasteiger partial charge in [-0.05, 0) is 48.6 Å². The van der Waals surface area contributed by atoms with Gasteiger partial charge in [0.15, 0.2) is 23.2 Å². The minimum atomic E-state index is -4.71. The first kappa shape index (κ1) is 31.0. The number of hydrogen-bond acceptors (Lipinski definition) is 9. The topological polar surface area (TPSA) is 200 Å². The number of aliphatic hydroxyl groups excluding tert-OH is 2. The Balaban J connectivity index is 1.48. The molecule has 1 aliphatic heterocycles. The van der Waals surface area contributed by atoms with Crippen molar-refractivity contribution in [3.63, 3.8) is 0 Å². The third-order valence-electron chi connectivity index (χ3n) is 6.71. The van der Waals surface area contributed by atoms with Crippen LogP contribution in [0, 0.1) is 0 Å². The fraction of sp³-hybridized carbons (Fsp3) is 0.542. The van der Waals surface area contributed by atoms with Crippen LogP contribution in [0.5, 0.6) is 0 Å². The van der Waals surface area contributed by atoms with Crippen LogP contribution in [0.3, 0.4) is 0 Å². The zero-order valence-corrected chi connectivity index (χ0v) is 24.4. The number of fused-ring (bicyclic) bond motifs is 1. The minimum Gasteiger partial charge on any atom is -0.388 e. The molecule has 1 fully saturated rings. The Bertz CT molecular complexity index is 1400. The number of nitrogens with one attached hydrogen (secondary N) is 1. The van der Waals surface area contributed by atoms with Gasteiger partial charge >= 0.3 is 7.60 Å². The molecule has 3 heterocycles. The number of benzene rings is 1. The first-order valence-corrected chi connectivity index (χ1v) is 17.2. The number of aromatic nitrogens is 4. The number of aryl methyl sites for hydroxylation is 1. The van der Waals surface area contributed by atoms with Gasteiger partial charge in [-0.3, -0.25) is 13.7 Å². The zero-order valence-electron chi connectivity index (χ0n) is 21.9. The van der Waals surface area contributed by atoms with Crippen LogP contribution in [0.25, 0.3) is 11.2 Å². The lowest BCUT2D eigenvalue weighted by Gasteiger charge is -2.18. The van der Waals surface area contributed by atoms with Crippen LogP contribution in [0.1, 0.15) is 50.8 Å². The Morgan fingerprint density at radius 3 is 2.45 bits per heavy atom. The fourth-order valence-electron chi connectivity index (χ4n) is 4.70. The van der Waals surface area contributed by atoms with E-state index in [-0.39, 0.29) is 17.4 Å². The first-order chi connectivity index (χ1) is 18.9. The third-order valence-corrected chi connectivity index (χ3v) is 11.1. The molecule has 13 nitrogen and oxygen atoms in total. The number of aliphatic hydroxyl groups is 2. The second kappa shape index (κ2) is 12.9. The van der Waals surface area contributed by atoms with Crippen LogP contribution < -0.4 is 5.32 Å². The van der Waals surface area contributed by atoms with Gasteiger partial charge in [-0.25, -0.2) is 4.98 Å². The molecule has 1 aliphatic rings. The van der Waals surface area contributed by atoms with Crippen LogP contribution in [0.4, 0.5) is 11.5 Å². The number of anilines is 2. The number of unbranched alkanes of at least 4 members (excludes halogenated alkanes) is 3. The summed E-state index contributed by atoms with van der Waals surface area (Å²) in [5, 5.41) is 24.3. The molecule has 3 aromatic rings. The average Bonchev–Trinajstić information content (AvgIpc) is 3.41. The molecule has 5 atom stereocenters. The molecule has 0 bridgehead atoms. The van der Waals surface area contributed by atoms with E-state index in [2.05, 4.69) is 27.2 Å². The van der Waals surface area contributed by atoms with Crippen molar-refractivity contribution in [2.45, 2.75) is 70.0 Å². The molecule has 4 rings (SSSR count). The van der Waals surface area contributed by atoms with E-state index in [0.29, 0.717) is 11.3 Å². The number of imidazole rings is 1. The van der Waals surface area contributed by atoms with Crippen LogP contribution >= 0.6 is 26.6 Å². The van der Waals surface area contributed by atoms with Crippen LogP contribution in [0.2, 0.25) is 5.28 Å². The van der Waals surface area contributed by atoms with Crippen molar-refractivity contribution in [3.05, 3.63) is 41.4 Å². The molecule has 0 saturated carbocycles. The molecule has 2 aromatic heterocycles. The summed E-state index contributed by atoms with van der Waals surface area (Å²) < 4.78 is 30.5. The summed E-state index contributed by atoms with van der Waals surface area (Å²) in [6.07, 6.45) is 1.27. The third kappa shape index (κ3) is 7.88. The van der Waals surface area contributed by atoms with Gasteiger partial charge in [0, 0.05) is 11.8 Å². The molecule has 0 aliphatic carbocycles. The Morgan fingerprint density at radius 1 is 1.05 bits per heavy atom. The van der Waals surface area contributed by atoms with Crippen LogP contribution in [-0.4, -0.2) is 74.8 Å². The molecular formula is C24H34ClN5O8P2. The van der Waals surface area contributed by atoms with Gasteiger partial charge in [0.25, 0.3) is 0 Å². The van der Waals surface area contributed by atoms with Crippen molar-refractivity contribution in [2.24, 2.45) is 0 Å². The standard InChI is InChI=1S/C24H34ClN5O8P2/c1-2-3-4-5-6-15-7-9-16(10-8-15)27-21-18-22(29-24(25)28-21)30(13-26-18)23-20(32)19(31)17(38-23)11-12-39(33,34)14-40(35,36)37/h7-10,13,17,19-20,23,31-32H,2-6,11-12,14H2,1H3,(H,33,34)(H,27,28,29)(H2,35,36,37)/t17-,19+,20?,23-/m1/s1. The van der Waals surface area contributed by atoms with E-state index in [4.69, 9.17) is 26.1 Å². The minimum absolute atomic E-state index is 0.0902. The lowest BCUT2D eigenvalue weighted by atomic mass is 10.1. The fourth-order valence-corrected chi connectivity index (χ4v) is 8.39. The summed E-state index contributed by atoms with van der Waals surface area (Å²) in [6.45, 7) is 2.18. The monoisotopic (exact) mass is 617 g/mol. The van der Waals surface area contributed by atoms with Crippen molar-refractivity contribution < 1.29 is 38.8 Å². The number of ether oxygens (including phenoxy) is 1. The summed E-state index contributed by atoms with van der Waals surface area (Å²) in [4.78, 5) is 40.8. The maximum Gasteiger partial charge on any atom is 0.335 e. The van der Waals surface area contributed by atoms with Gasteiger partial charge < -0.3 is 34.9 Å². The predicted octanol–water partition coefficient (Wildman–Crippen LogP) is 3.76. The highest BCUT2D eigenvalue weighted by atomic mass is 35.5. The van der Waals surface area contributed by atoms with E-state index in [1.807, 2.05) is 24.3 Å². The van der Waals surface area contributed by atoms with Crippen molar-refractivity contribution in [1.29, 1.82) is 0 Å². The summed E-state index contributed by atoms with van der Waals surface area (Å²) in [5.41, 5.74) is 2.56. The molecule has 1 aromatic carbocycles. The van der Waals surface area contributed by atoms with Crippen molar-refractivity contribution in [2.75, 3.05) is 17.4 Å². The van der Waals surface area contributed by atoms with Crippen molar-refractivity contribution in [1.82, 2.24) is 19.5 Å². The highest BCUT2D eigenvalue weighted by molar-refractivity contribution is 7.72. The number of hydrogen-bond donors (Lipinski definition) is 6. The maximum absolute atomic E-state index is 12.2. The normalized spacial score (nSPS) is 23.0. The van der Waals surface area contributed by atoms with Gasteiger partial charge in [0.05, 0.1) is 12.4 Å². The smallest absolute Gasteiger partial charge is 0.335 e. The summed E-state index contributed by atoms with van der Waals surface area (Å²) in [7, 11) is -8.90. The van der Waals surface area contributed by atoms with Gasteiger partial charge in [-0.2, -0.15) is 9.97 Å². The molecule has 0 amide bonds. The summed E-state index contributed by atoms with van der Waals surface area (Å²) in [6, 6.07) is 7.96. The zero-order chi connectivity index (χ0) is 29.1. The molecule has 6 N–H and O–H groups in total. The Hall–Kier alpha value is -1.92. The largest absolute Gasteiger partial charge is 0.388 e. The Kier molecular flexibility index (Phi) is 10.0. The van der Waals surface area contributed by atoms with E-state index < -0.39 is 51.6 Å². The van der Waals surface area contributed by atoms with E-state index in [1.54, 1.807) is 0 Å². The van der Waals surface area contributed by atoms with E-state index in [0.717, 1.165) is 18.5 Å². The second-order valence-electron chi connectivity index (χ2n) is 10.0. The second-order valence-corrected chi connectivity index (χ2v) is 14.9. The maximum atomic E-state index is 12.2. The van der Waals surface area contributed by atoms with Crippen molar-refractivity contribution in [3.8, 4) is 0 Å². The van der Waals surface area contributed by atoms with E-state index in [1.165, 1.54) is 35.7 Å². The highest BCUT2D eigenvalue weighted by Crippen LogP contribution is 2.55. The summed E-state index contributed by atoms with van der Waals surface area (Å²) in [5.74, 6) is -0.846. The Labute approximate surface area is 236 Å². The lowest BCUT2D eigenvalue weighted by Crippen LogP contribution is -2.32. The van der Waals surface area contributed by atoms with Crippen LogP contribution in [0.15, 0.2) is 30.6 Å². The van der Waals surface area contributed by atoms with Crippen molar-refractivity contribution >= 4 is 49.2 Å². The number of rotatable bonds is 13. The van der Waals surface area contributed by atoms with Gasteiger partial charge in [-0.15, -0.1) is 0 Å². The average molecular weight is 618 g/mol. The molecular weight excluding hydrogens is 584 g/mol. The SMILES string of the molecule is CCCCCCc1ccc(Nc2nc(Cl)nc3c2ncn3[C@@H]2O[C@H](CCP(=O)(O)CP(=O)(O)O)[C@H](O)C2O)cc1. The predicted molar refractivity (Wildman–Crippen MR) is 150 cm³/mol. The number of nitrogens with zero attached hydrogens (tertiary/aromatic N) is 4. The van der Waals surface area contributed by atoms with E-state index >= 15 is 0 Å². The molecule has 40 heavy (non-hydrogen) atoms. The molecule has 2 unspecified atom stereocenters. The molecule has 220 valence electrons. The first-order valence-electron chi connectivity index (χ1n) is 13.0.